The zero-order valence-electron chi connectivity index (χ0n) is 11.1. The minimum atomic E-state index is -0.970. The Kier molecular flexibility index (Phi) is 6.39. The summed E-state index contributed by atoms with van der Waals surface area (Å²) >= 11 is 5.99. The molecule has 0 aromatic heterocycles. The Morgan fingerprint density at radius 1 is 1.53 bits per heavy atom. The second kappa shape index (κ2) is 7.81. The number of benzene rings is 1. The molecule has 0 bridgehead atoms. The SMILES string of the molecule is COCCCN(C)c1cc(Cl)ccc1/C=C/C(=O)O. The number of carboxylic acid groups (broad SMARTS) is 1. The molecular formula is C14H18ClNO3. The maximum Gasteiger partial charge on any atom is 0.328 e. The molecule has 1 aromatic rings. The summed E-state index contributed by atoms with van der Waals surface area (Å²) in [5, 5.41) is 9.32. The number of hydrogen-bond donors (Lipinski definition) is 1. The minimum Gasteiger partial charge on any atom is -0.478 e. The van der Waals surface area contributed by atoms with Crippen LogP contribution >= 0.6 is 11.6 Å². The third-order valence-electron chi connectivity index (χ3n) is 2.65. The van der Waals surface area contributed by atoms with Crippen LogP contribution in [-0.2, 0) is 9.53 Å². The second-order valence-electron chi connectivity index (χ2n) is 4.14. The van der Waals surface area contributed by atoms with Gasteiger partial charge in [-0.15, -0.1) is 0 Å². The molecule has 5 heteroatoms. The van der Waals surface area contributed by atoms with Crippen molar-refractivity contribution in [3.63, 3.8) is 0 Å². The molecule has 0 aliphatic rings. The highest BCUT2D eigenvalue weighted by atomic mass is 35.5. The highest BCUT2D eigenvalue weighted by Gasteiger charge is 2.07. The summed E-state index contributed by atoms with van der Waals surface area (Å²) in [5.41, 5.74) is 1.73. The van der Waals surface area contributed by atoms with Crippen molar-refractivity contribution in [2.45, 2.75) is 6.42 Å². The fourth-order valence-corrected chi connectivity index (χ4v) is 1.88. The largest absolute Gasteiger partial charge is 0.478 e. The molecule has 0 amide bonds. The molecule has 1 rings (SSSR count). The van der Waals surface area contributed by atoms with Crippen LogP contribution in [0.3, 0.4) is 0 Å². The normalized spacial score (nSPS) is 10.9. The number of nitrogens with zero attached hydrogens (tertiary/aromatic N) is 1. The van der Waals surface area contributed by atoms with Gasteiger partial charge in [0.2, 0.25) is 0 Å². The molecule has 0 spiro atoms. The number of hydrogen-bond acceptors (Lipinski definition) is 3. The molecule has 0 unspecified atom stereocenters. The molecule has 0 radical (unpaired) electrons. The van der Waals surface area contributed by atoms with Crippen LogP contribution in [-0.4, -0.2) is 38.4 Å². The molecule has 1 aromatic carbocycles. The molecule has 0 fully saturated rings. The molecule has 104 valence electrons. The molecule has 0 aliphatic carbocycles. The standard InChI is InChI=1S/C14H18ClNO3/c1-16(8-3-9-19-2)13-10-12(15)6-4-11(13)5-7-14(17)18/h4-7,10H,3,8-9H2,1-2H3,(H,17,18)/b7-5+. The zero-order valence-corrected chi connectivity index (χ0v) is 11.9. The monoisotopic (exact) mass is 283 g/mol. The lowest BCUT2D eigenvalue weighted by atomic mass is 10.1. The van der Waals surface area contributed by atoms with Gasteiger partial charge in [0.15, 0.2) is 0 Å². The molecule has 1 N–H and O–H groups in total. The summed E-state index contributed by atoms with van der Waals surface area (Å²) in [4.78, 5) is 12.6. The summed E-state index contributed by atoms with van der Waals surface area (Å²) in [7, 11) is 3.61. The number of rotatable bonds is 7. The summed E-state index contributed by atoms with van der Waals surface area (Å²) < 4.78 is 5.02. The van der Waals surface area contributed by atoms with Gasteiger partial charge in [0.1, 0.15) is 0 Å². The smallest absolute Gasteiger partial charge is 0.328 e. The van der Waals surface area contributed by atoms with E-state index in [0.717, 1.165) is 30.3 Å². The predicted molar refractivity (Wildman–Crippen MR) is 77.9 cm³/mol. The van der Waals surface area contributed by atoms with Crippen molar-refractivity contribution in [1.82, 2.24) is 0 Å². The van der Waals surface area contributed by atoms with Crippen molar-refractivity contribution in [3.05, 3.63) is 34.9 Å². The molecule has 0 saturated heterocycles. The van der Waals surface area contributed by atoms with Crippen LogP contribution < -0.4 is 4.90 Å². The molecule has 0 heterocycles. The number of halogens is 1. The fraction of sp³-hybridized carbons (Fsp3) is 0.357. The van der Waals surface area contributed by atoms with Gasteiger partial charge in [-0.1, -0.05) is 17.7 Å². The first-order valence-corrected chi connectivity index (χ1v) is 6.33. The summed E-state index contributed by atoms with van der Waals surface area (Å²) in [5.74, 6) is -0.970. The van der Waals surface area contributed by atoms with Gasteiger partial charge in [-0.25, -0.2) is 4.79 Å². The molecule has 0 aliphatic heterocycles. The number of anilines is 1. The maximum atomic E-state index is 10.6. The number of ether oxygens (including phenoxy) is 1. The fourth-order valence-electron chi connectivity index (χ4n) is 1.72. The van der Waals surface area contributed by atoms with Gasteiger partial charge in [0, 0.05) is 44.1 Å². The van der Waals surface area contributed by atoms with Gasteiger partial charge in [0.25, 0.3) is 0 Å². The van der Waals surface area contributed by atoms with Crippen molar-refractivity contribution < 1.29 is 14.6 Å². The number of aliphatic carboxylic acids is 1. The van der Waals surface area contributed by atoms with E-state index in [9.17, 15) is 4.79 Å². The summed E-state index contributed by atoms with van der Waals surface area (Å²) in [6, 6.07) is 5.38. The van der Waals surface area contributed by atoms with Crippen LogP contribution in [0.2, 0.25) is 5.02 Å². The predicted octanol–water partition coefficient (Wildman–Crippen LogP) is 2.91. The Morgan fingerprint density at radius 2 is 2.26 bits per heavy atom. The number of methoxy groups -OCH3 is 1. The molecule has 0 atom stereocenters. The van der Waals surface area contributed by atoms with Crippen LogP contribution in [0.4, 0.5) is 5.69 Å². The van der Waals surface area contributed by atoms with E-state index in [1.165, 1.54) is 0 Å². The van der Waals surface area contributed by atoms with E-state index < -0.39 is 5.97 Å². The lowest BCUT2D eigenvalue weighted by Crippen LogP contribution is -2.20. The van der Waals surface area contributed by atoms with E-state index in [0.29, 0.717) is 11.6 Å². The lowest BCUT2D eigenvalue weighted by Gasteiger charge is -2.21. The zero-order chi connectivity index (χ0) is 14.3. The van der Waals surface area contributed by atoms with Gasteiger partial charge in [-0.05, 0) is 30.2 Å². The van der Waals surface area contributed by atoms with Gasteiger partial charge in [0.05, 0.1) is 0 Å². The van der Waals surface area contributed by atoms with Crippen molar-refractivity contribution in [3.8, 4) is 0 Å². The number of carbonyl (C=O) groups is 1. The van der Waals surface area contributed by atoms with E-state index in [4.69, 9.17) is 21.4 Å². The highest BCUT2D eigenvalue weighted by molar-refractivity contribution is 6.31. The third kappa shape index (κ3) is 5.32. The van der Waals surface area contributed by atoms with Crippen LogP contribution in [0.15, 0.2) is 24.3 Å². The lowest BCUT2D eigenvalue weighted by molar-refractivity contribution is -0.131. The van der Waals surface area contributed by atoms with E-state index in [1.807, 2.05) is 24.1 Å². The molecule has 19 heavy (non-hydrogen) atoms. The first kappa shape index (κ1) is 15.5. The van der Waals surface area contributed by atoms with Crippen LogP contribution in [0.5, 0.6) is 0 Å². The van der Waals surface area contributed by atoms with Crippen molar-refractivity contribution in [1.29, 1.82) is 0 Å². The first-order valence-electron chi connectivity index (χ1n) is 5.95. The van der Waals surface area contributed by atoms with Gasteiger partial charge in [-0.3, -0.25) is 0 Å². The molecule has 0 saturated carbocycles. The van der Waals surface area contributed by atoms with Crippen LogP contribution in [0, 0.1) is 0 Å². The minimum absolute atomic E-state index is 0.626. The summed E-state index contributed by atoms with van der Waals surface area (Å²) in [6.45, 7) is 1.49. The van der Waals surface area contributed by atoms with Gasteiger partial charge in [-0.2, -0.15) is 0 Å². The summed E-state index contributed by atoms with van der Waals surface area (Å²) in [6.07, 6.45) is 3.58. The van der Waals surface area contributed by atoms with Crippen LogP contribution in [0.25, 0.3) is 6.08 Å². The van der Waals surface area contributed by atoms with Crippen molar-refractivity contribution in [2.75, 3.05) is 32.2 Å². The van der Waals surface area contributed by atoms with Gasteiger partial charge >= 0.3 is 5.97 Å². The van der Waals surface area contributed by atoms with E-state index in [2.05, 4.69) is 0 Å². The highest BCUT2D eigenvalue weighted by Crippen LogP contribution is 2.25. The number of carboxylic acids is 1. The Bertz CT molecular complexity index is 460. The quantitative estimate of drug-likeness (QED) is 0.617. The van der Waals surface area contributed by atoms with Crippen molar-refractivity contribution >= 4 is 29.3 Å². The van der Waals surface area contributed by atoms with Crippen LogP contribution in [0.1, 0.15) is 12.0 Å². The Morgan fingerprint density at radius 3 is 2.89 bits per heavy atom. The second-order valence-corrected chi connectivity index (χ2v) is 4.58. The maximum absolute atomic E-state index is 10.6. The first-order chi connectivity index (χ1) is 9.04. The average Bonchev–Trinajstić information content (AvgIpc) is 2.37. The molecule has 4 nitrogen and oxygen atoms in total. The Balaban J connectivity index is 2.89. The topological polar surface area (TPSA) is 49.8 Å². The third-order valence-corrected chi connectivity index (χ3v) is 2.89. The van der Waals surface area contributed by atoms with E-state index >= 15 is 0 Å². The van der Waals surface area contributed by atoms with Crippen molar-refractivity contribution in [2.24, 2.45) is 0 Å². The average molecular weight is 284 g/mol. The van der Waals surface area contributed by atoms with Gasteiger partial charge < -0.3 is 14.7 Å². The Hall–Kier alpha value is -1.52. The van der Waals surface area contributed by atoms with E-state index in [-0.39, 0.29) is 0 Å². The van der Waals surface area contributed by atoms with E-state index in [1.54, 1.807) is 19.3 Å². The Labute approximate surface area is 118 Å². The molecular weight excluding hydrogens is 266 g/mol.